The minimum atomic E-state index is -3.65. The van der Waals surface area contributed by atoms with Crippen LogP contribution >= 0.6 is 12.2 Å². The maximum Gasteiger partial charge on any atom is 0.182 e. The fraction of sp³-hybridized carbons (Fsp3) is 0.350. The highest BCUT2D eigenvalue weighted by atomic mass is 32.2. The van der Waals surface area contributed by atoms with Crippen LogP contribution in [0.1, 0.15) is 17.0 Å². The summed E-state index contributed by atoms with van der Waals surface area (Å²) in [4.78, 5) is 0.427. The molecule has 0 unspecified atom stereocenters. The van der Waals surface area contributed by atoms with Gasteiger partial charge in [0.1, 0.15) is 5.75 Å². The lowest BCUT2D eigenvalue weighted by Gasteiger charge is -2.16. The molecule has 2 aromatic carbocycles. The molecule has 0 amide bonds. The minimum absolute atomic E-state index is 0.148. The van der Waals surface area contributed by atoms with E-state index in [1.807, 2.05) is 19.1 Å². The number of rotatable bonds is 7. The van der Waals surface area contributed by atoms with Crippen LogP contribution in [0.4, 0.5) is 0 Å². The highest BCUT2D eigenvalue weighted by Crippen LogP contribution is 2.64. The molecule has 27 heavy (non-hydrogen) atoms. The zero-order valence-electron chi connectivity index (χ0n) is 15.5. The maximum atomic E-state index is 13.4. The Bertz CT molecular complexity index is 939. The molecular weight excluding hydrogens is 382 g/mol. The number of methoxy groups -OCH3 is 2. The molecule has 0 radical (unpaired) electrons. The fourth-order valence-corrected chi connectivity index (χ4v) is 6.57. The number of ether oxygens (including phenoxy) is 2. The van der Waals surface area contributed by atoms with Crippen LogP contribution in [0.5, 0.6) is 5.75 Å². The second kappa shape index (κ2) is 7.22. The van der Waals surface area contributed by atoms with E-state index in [9.17, 15) is 8.42 Å². The van der Waals surface area contributed by atoms with Gasteiger partial charge >= 0.3 is 0 Å². The van der Waals surface area contributed by atoms with Crippen molar-refractivity contribution in [2.24, 2.45) is 11.1 Å². The van der Waals surface area contributed by atoms with Gasteiger partial charge in [-0.1, -0.05) is 42.0 Å². The number of hydrogen-bond acceptors (Lipinski definition) is 5. The summed E-state index contributed by atoms with van der Waals surface area (Å²) in [6.07, 6.45) is 0. The van der Waals surface area contributed by atoms with Crippen molar-refractivity contribution >= 4 is 27.0 Å². The number of sulfone groups is 1. The van der Waals surface area contributed by atoms with Crippen LogP contribution in [0.25, 0.3) is 0 Å². The van der Waals surface area contributed by atoms with Gasteiger partial charge in [-0.05, 0) is 36.8 Å². The first kappa shape index (κ1) is 19.8. The predicted octanol–water partition coefficient (Wildman–Crippen LogP) is 2.86. The molecule has 1 fully saturated rings. The van der Waals surface area contributed by atoms with Gasteiger partial charge in [-0.3, -0.25) is 0 Å². The standard InChI is InChI=1S/C20H23NO4S2/c1-13-4-10-16(11-5-13)27(22,23)18-17(20(18,12-24-2)19(21)26)14-6-8-15(25-3)9-7-14/h4-11,17-18H,12H2,1-3H3,(H2,21,26)/t17-,18+,20-/m1/s1. The molecular formula is C20H23NO4S2. The molecule has 0 aliphatic heterocycles. The Kier molecular flexibility index (Phi) is 5.29. The highest BCUT2D eigenvalue weighted by molar-refractivity contribution is 7.92. The smallest absolute Gasteiger partial charge is 0.182 e. The minimum Gasteiger partial charge on any atom is -0.497 e. The van der Waals surface area contributed by atoms with Crippen molar-refractivity contribution in [3.8, 4) is 5.75 Å². The molecule has 144 valence electrons. The molecule has 1 aliphatic rings. The van der Waals surface area contributed by atoms with Gasteiger partial charge in [0.2, 0.25) is 0 Å². The molecule has 0 aromatic heterocycles. The molecule has 7 heteroatoms. The SMILES string of the molecule is COC[C@@]1(C(N)=S)[C@H](c2ccc(OC)cc2)[C@@H]1S(=O)(=O)c1ccc(C)cc1. The summed E-state index contributed by atoms with van der Waals surface area (Å²) in [7, 11) is -0.538. The van der Waals surface area contributed by atoms with Gasteiger partial charge in [0.25, 0.3) is 0 Å². The van der Waals surface area contributed by atoms with Gasteiger partial charge in [0, 0.05) is 13.0 Å². The van der Waals surface area contributed by atoms with Crippen molar-refractivity contribution in [2.45, 2.75) is 23.0 Å². The maximum absolute atomic E-state index is 13.4. The fourth-order valence-electron chi connectivity index (χ4n) is 3.79. The van der Waals surface area contributed by atoms with Gasteiger partial charge in [-0.2, -0.15) is 0 Å². The van der Waals surface area contributed by atoms with Crippen molar-refractivity contribution in [3.05, 3.63) is 59.7 Å². The van der Waals surface area contributed by atoms with E-state index in [0.717, 1.165) is 11.1 Å². The third-order valence-corrected chi connectivity index (χ3v) is 7.93. The molecule has 0 spiro atoms. The zero-order valence-corrected chi connectivity index (χ0v) is 17.1. The quantitative estimate of drug-likeness (QED) is 0.714. The number of nitrogens with two attached hydrogens (primary N) is 1. The average molecular weight is 406 g/mol. The van der Waals surface area contributed by atoms with Gasteiger partial charge in [0.05, 0.1) is 34.3 Å². The molecule has 5 nitrogen and oxygen atoms in total. The van der Waals surface area contributed by atoms with E-state index in [2.05, 4.69) is 0 Å². The molecule has 0 saturated heterocycles. The summed E-state index contributed by atoms with van der Waals surface area (Å²) in [6, 6.07) is 14.2. The Labute approximate surface area is 165 Å². The highest BCUT2D eigenvalue weighted by Gasteiger charge is 2.73. The monoisotopic (exact) mass is 405 g/mol. The topological polar surface area (TPSA) is 78.6 Å². The Balaban J connectivity index is 2.09. The molecule has 0 heterocycles. The van der Waals surface area contributed by atoms with Crippen LogP contribution in [0.3, 0.4) is 0 Å². The van der Waals surface area contributed by atoms with Crippen molar-refractivity contribution in [3.63, 3.8) is 0 Å². The van der Waals surface area contributed by atoms with E-state index >= 15 is 0 Å². The average Bonchev–Trinajstić information content (AvgIpc) is 3.33. The Morgan fingerprint density at radius 1 is 1.11 bits per heavy atom. The van der Waals surface area contributed by atoms with Gasteiger partial charge in [-0.25, -0.2) is 8.42 Å². The summed E-state index contributed by atoms with van der Waals surface area (Å²) in [6.45, 7) is 2.06. The van der Waals surface area contributed by atoms with Crippen LogP contribution in [0.2, 0.25) is 0 Å². The zero-order chi connectivity index (χ0) is 19.8. The number of benzene rings is 2. The first-order valence-electron chi connectivity index (χ1n) is 8.52. The van der Waals surface area contributed by atoms with E-state index in [0.29, 0.717) is 5.75 Å². The number of aryl methyl sites for hydroxylation is 1. The van der Waals surface area contributed by atoms with E-state index in [1.54, 1.807) is 43.5 Å². The Hall–Kier alpha value is -1.96. The van der Waals surface area contributed by atoms with Crippen LogP contribution in [0.15, 0.2) is 53.4 Å². The summed E-state index contributed by atoms with van der Waals surface area (Å²) in [5.74, 6) is 0.331. The molecule has 3 rings (SSSR count). The van der Waals surface area contributed by atoms with Crippen molar-refractivity contribution in [1.29, 1.82) is 0 Å². The Morgan fingerprint density at radius 3 is 2.19 bits per heavy atom. The summed E-state index contributed by atoms with van der Waals surface area (Å²) < 4.78 is 37.4. The predicted molar refractivity (Wildman–Crippen MR) is 109 cm³/mol. The normalized spacial score (nSPS) is 24.4. The van der Waals surface area contributed by atoms with Gasteiger partial charge in [-0.15, -0.1) is 0 Å². The second-order valence-electron chi connectivity index (χ2n) is 6.87. The first-order chi connectivity index (χ1) is 12.8. The third kappa shape index (κ3) is 3.24. The molecule has 2 aromatic rings. The lowest BCUT2D eigenvalue weighted by atomic mass is 10.00. The first-order valence-corrected chi connectivity index (χ1v) is 10.5. The van der Waals surface area contributed by atoms with Gasteiger partial charge in [0.15, 0.2) is 9.84 Å². The van der Waals surface area contributed by atoms with E-state index in [1.165, 1.54) is 7.11 Å². The van der Waals surface area contributed by atoms with Crippen LogP contribution in [0, 0.1) is 12.3 Å². The van der Waals surface area contributed by atoms with Gasteiger partial charge < -0.3 is 15.2 Å². The van der Waals surface area contributed by atoms with E-state index < -0.39 is 20.5 Å². The van der Waals surface area contributed by atoms with Crippen LogP contribution in [-0.2, 0) is 14.6 Å². The summed E-state index contributed by atoms with van der Waals surface area (Å²) >= 11 is 5.31. The lowest BCUT2D eigenvalue weighted by Crippen LogP contribution is -2.33. The summed E-state index contributed by atoms with van der Waals surface area (Å²) in [5.41, 5.74) is 6.97. The number of hydrogen-bond donors (Lipinski definition) is 1. The largest absolute Gasteiger partial charge is 0.497 e. The van der Waals surface area contributed by atoms with Crippen molar-refractivity contribution in [1.82, 2.24) is 0 Å². The van der Waals surface area contributed by atoms with E-state index in [-0.39, 0.29) is 22.4 Å². The second-order valence-corrected chi connectivity index (χ2v) is 9.38. The molecule has 1 saturated carbocycles. The van der Waals surface area contributed by atoms with Crippen molar-refractivity contribution in [2.75, 3.05) is 20.8 Å². The van der Waals surface area contributed by atoms with Crippen molar-refractivity contribution < 1.29 is 17.9 Å². The molecule has 2 N–H and O–H groups in total. The Morgan fingerprint density at radius 2 is 1.70 bits per heavy atom. The van der Waals surface area contributed by atoms with Crippen LogP contribution in [-0.4, -0.2) is 39.5 Å². The van der Waals surface area contributed by atoms with Crippen LogP contribution < -0.4 is 10.5 Å². The van der Waals surface area contributed by atoms with E-state index in [4.69, 9.17) is 27.4 Å². The lowest BCUT2D eigenvalue weighted by molar-refractivity contribution is 0.166. The number of thiocarbonyl (C=S) groups is 1. The molecule has 1 aliphatic carbocycles. The third-order valence-electron chi connectivity index (χ3n) is 5.26. The molecule has 3 atom stereocenters. The summed E-state index contributed by atoms with van der Waals surface area (Å²) in [5, 5.41) is -0.765. The molecule has 0 bridgehead atoms.